The normalized spacial score (nSPS) is 11.4. The van der Waals surface area contributed by atoms with E-state index in [9.17, 15) is 18.8 Å². The van der Waals surface area contributed by atoms with E-state index in [2.05, 4.69) is 11.4 Å². The van der Waals surface area contributed by atoms with Gasteiger partial charge in [-0.3, -0.25) is 14.4 Å². The Labute approximate surface area is 172 Å². The summed E-state index contributed by atoms with van der Waals surface area (Å²) in [4.78, 5) is 36.2. The van der Waals surface area contributed by atoms with Crippen LogP contribution < -0.4 is 5.32 Å². The predicted octanol–water partition coefficient (Wildman–Crippen LogP) is 3.55. The third-order valence-corrected chi connectivity index (χ3v) is 4.96. The molecule has 0 aromatic heterocycles. The van der Waals surface area contributed by atoms with Gasteiger partial charge in [-0.15, -0.1) is 0 Å². The first-order valence-electron chi connectivity index (χ1n) is 9.45. The van der Waals surface area contributed by atoms with Crippen LogP contribution in [0.15, 0.2) is 66.7 Å². The summed E-state index contributed by atoms with van der Waals surface area (Å²) in [6.45, 7) is -0.838. The highest BCUT2D eigenvalue weighted by atomic mass is 19.1. The predicted molar refractivity (Wildman–Crippen MR) is 109 cm³/mol. The number of ketones is 1. The Morgan fingerprint density at radius 3 is 2.50 bits per heavy atom. The topological polar surface area (TPSA) is 72.5 Å². The quantitative estimate of drug-likeness (QED) is 0.395. The molecule has 5 nitrogen and oxygen atoms in total. The van der Waals surface area contributed by atoms with Crippen LogP contribution >= 0.6 is 0 Å². The minimum absolute atomic E-state index is 0.0947. The van der Waals surface area contributed by atoms with Gasteiger partial charge in [-0.1, -0.05) is 42.5 Å². The van der Waals surface area contributed by atoms with Gasteiger partial charge in [0, 0.05) is 11.1 Å². The maximum Gasteiger partial charge on any atom is 0.325 e. The number of amides is 1. The summed E-state index contributed by atoms with van der Waals surface area (Å²) < 4.78 is 18.1. The van der Waals surface area contributed by atoms with Gasteiger partial charge in [-0.05, 0) is 52.9 Å². The van der Waals surface area contributed by atoms with Crippen molar-refractivity contribution in [3.05, 3.63) is 94.8 Å². The zero-order valence-corrected chi connectivity index (χ0v) is 16.0. The lowest BCUT2D eigenvalue weighted by Gasteiger charge is -2.08. The third-order valence-electron chi connectivity index (χ3n) is 4.96. The lowest BCUT2D eigenvalue weighted by Crippen LogP contribution is -2.31. The molecule has 0 radical (unpaired) electrons. The summed E-state index contributed by atoms with van der Waals surface area (Å²) in [5.74, 6) is -2.23. The molecule has 0 heterocycles. The van der Waals surface area contributed by atoms with Gasteiger partial charge in [0.2, 0.25) is 0 Å². The molecular weight excluding hydrogens is 385 g/mol. The van der Waals surface area contributed by atoms with Crippen LogP contribution in [0.2, 0.25) is 0 Å². The fourth-order valence-electron chi connectivity index (χ4n) is 3.46. The van der Waals surface area contributed by atoms with Gasteiger partial charge in [-0.25, -0.2) is 4.39 Å². The van der Waals surface area contributed by atoms with Gasteiger partial charge in [0.05, 0.1) is 0 Å². The van der Waals surface area contributed by atoms with Crippen molar-refractivity contribution in [3.8, 4) is 11.1 Å². The van der Waals surface area contributed by atoms with E-state index in [4.69, 9.17) is 4.74 Å². The number of esters is 1. The highest BCUT2D eigenvalue weighted by Gasteiger charge is 2.20. The van der Waals surface area contributed by atoms with Crippen LogP contribution in [-0.4, -0.2) is 30.8 Å². The second-order valence-corrected chi connectivity index (χ2v) is 6.98. The molecule has 0 spiro atoms. The van der Waals surface area contributed by atoms with Gasteiger partial charge in [0.15, 0.2) is 12.4 Å². The first-order chi connectivity index (χ1) is 14.5. The monoisotopic (exact) mass is 403 g/mol. The number of benzene rings is 3. The SMILES string of the molecule is O=C(CNC(=O)c1cccc(F)c1)OCC(=O)c1ccc2c(c1)-c1ccccc1C2. The lowest BCUT2D eigenvalue weighted by molar-refractivity contribution is -0.141. The Bertz CT molecular complexity index is 1160. The number of fused-ring (bicyclic) bond motifs is 3. The molecule has 1 N–H and O–H groups in total. The van der Waals surface area contributed by atoms with Crippen molar-refractivity contribution in [1.82, 2.24) is 5.32 Å². The van der Waals surface area contributed by atoms with Crippen LogP contribution in [0.1, 0.15) is 31.8 Å². The largest absolute Gasteiger partial charge is 0.456 e. The standard InChI is InChI=1S/C24H18FNO4/c25-19-6-3-5-18(11-19)24(29)26-13-23(28)30-14-22(27)17-9-8-16-10-15-4-1-2-7-20(15)21(16)12-17/h1-9,11-12H,10,13-14H2,(H,26,29). The minimum atomic E-state index is -0.750. The number of hydrogen-bond acceptors (Lipinski definition) is 4. The minimum Gasteiger partial charge on any atom is -0.456 e. The first-order valence-corrected chi connectivity index (χ1v) is 9.45. The summed E-state index contributed by atoms with van der Waals surface area (Å²) in [6, 6.07) is 18.6. The molecule has 30 heavy (non-hydrogen) atoms. The van der Waals surface area contributed by atoms with Gasteiger partial charge < -0.3 is 10.1 Å². The Hall–Kier alpha value is -3.80. The third kappa shape index (κ3) is 4.12. The lowest BCUT2D eigenvalue weighted by atomic mass is 10.0. The maximum atomic E-state index is 13.2. The van der Waals surface area contributed by atoms with Crippen molar-refractivity contribution in [1.29, 1.82) is 0 Å². The van der Waals surface area contributed by atoms with Crippen LogP contribution in [0.4, 0.5) is 4.39 Å². The molecule has 1 amide bonds. The maximum absolute atomic E-state index is 13.2. The second kappa shape index (κ2) is 8.29. The van der Waals surface area contributed by atoms with E-state index in [1.807, 2.05) is 30.3 Å². The average Bonchev–Trinajstić information content (AvgIpc) is 3.13. The summed E-state index contributed by atoms with van der Waals surface area (Å²) in [5, 5.41) is 2.34. The number of ether oxygens (including phenoxy) is 1. The molecule has 1 aliphatic carbocycles. The molecule has 0 atom stereocenters. The van der Waals surface area contributed by atoms with E-state index in [0.29, 0.717) is 5.56 Å². The Balaban J connectivity index is 1.32. The highest BCUT2D eigenvalue weighted by molar-refractivity contribution is 6.00. The Morgan fingerprint density at radius 2 is 1.67 bits per heavy atom. The van der Waals surface area contributed by atoms with E-state index in [1.165, 1.54) is 23.8 Å². The van der Waals surface area contributed by atoms with Crippen LogP contribution in [0.3, 0.4) is 0 Å². The second-order valence-electron chi connectivity index (χ2n) is 6.98. The fourth-order valence-corrected chi connectivity index (χ4v) is 3.46. The van der Waals surface area contributed by atoms with Gasteiger partial charge in [0.1, 0.15) is 12.4 Å². The van der Waals surface area contributed by atoms with Crippen LogP contribution in [-0.2, 0) is 16.0 Å². The average molecular weight is 403 g/mol. The number of Topliss-reactive ketones (excluding diaryl/α,β-unsaturated/α-hetero) is 1. The first kappa shape index (κ1) is 19.5. The molecule has 3 aromatic rings. The highest BCUT2D eigenvalue weighted by Crippen LogP contribution is 2.36. The number of halogens is 1. The molecule has 3 aromatic carbocycles. The number of carbonyl (C=O) groups is 3. The smallest absolute Gasteiger partial charge is 0.325 e. The molecule has 0 saturated heterocycles. The van der Waals surface area contributed by atoms with E-state index in [-0.39, 0.29) is 11.3 Å². The molecule has 0 aliphatic heterocycles. The van der Waals surface area contributed by atoms with E-state index >= 15 is 0 Å². The van der Waals surface area contributed by atoms with Crippen molar-refractivity contribution in [3.63, 3.8) is 0 Å². The number of rotatable bonds is 6. The van der Waals surface area contributed by atoms with E-state index in [0.717, 1.165) is 29.2 Å². The van der Waals surface area contributed by atoms with Crippen molar-refractivity contribution in [2.24, 2.45) is 0 Å². The zero-order valence-electron chi connectivity index (χ0n) is 16.0. The van der Waals surface area contributed by atoms with Crippen LogP contribution in [0.25, 0.3) is 11.1 Å². The molecule has 1 aliphatic rings. The molecule has 0 unspecified atom stereocenters. The summed E-state index contributed by atoms with van der Waals surface area (Å²) in [6.07, 6.45) is 0.833. The van der Waals surface area contributed by atoms with Gasteiger partial charge in [-0.2, -0.15) is 0 Å². The van der Waals surface area contributed by atoms with Crippen LogP contribution in [0.5, 0.6) is 0 Å². The number of nitrogens with one attached hydrogen (secondary N) is 1. The fraction of sp³-hybridized carbons (Fsp3) is 0.125. The van der Waals surface area contributed by atoms with Crippen molar-refractivity contribution >= 4 is 17.7 Å². The molecule has 4 rings (SSSR count). The number of hydrogen-bond donors (Lipinski definition) is 1. The van der Waals surface area contributed by atoms with Crippen molar-refractivity contribution in [2.45, 2.75) is 6.42 Å². The summed E-state index contributed by atoms with van der Waals surface area (Å²) in [7, 11) is 0. The van der Waals surface area contributed by atoms with E-state index < -0.39 is 30.8 Å². The van der Waals surface area contributed by atoms with E-state index in [1.54, 1.807) is 6.07 Å². The molecular formula is C24H18FNO4. The summed E-state index contributed by atoms with van der Waals surface area (Å²) >= 11 is 0. The Morgan fingerprint density at radius 1 is 0.867 bits per heavy atom. The van der Waals surface area contributed by atoms with Crippen molar-refractivity contribution in [2.75, 3.05) is 13.2 Å². The molecule has 0 fully saturated rings. The molecule has 0 bridgehead atoms. The Kier molecular flexibility index (Phi) is 5.39. The van der Waals surface area contributed by atoms with Gasteiger partial charge >= 0.3 is 5.97 Å². The number of carbonyl (C=O) groups excluding carboxylic acids is 3. The molecule has 0 saturated carbocycles. The summed E-state index contributed by atoms with van der Waals surface area (Å²) in [5.41, 5.74) is 5.06. The van der Waals surface area contributed by atoms with Crippen molar-refractivity contribution < 1.29 is 23.5 Å². The van der Waals surface area contributed by atoms with Gasteiger partial charge in [0.25, 0.3) is 5.91 Å². The molecule has 6 heteroatoms. The molecule has 150 valence electrons. The zero-order chi connectivity index (χ0) is 21.1. The van der Waals surface area contributed by atoms with Crippen LogP contribution in [0, 0.1) is 5.82 Å².